The standard InChI is InChI=1S/C13H21NO6/c1-6(2)10-4-8(17)11(14-7(3)16)13(20-10)12(19)9(18)5-15/h4,8-9,11-13,15,17-19H,1,5H2,2-3H3,(H,14,16). The second-order valence-corrected chi connectivity index (χ2v) is 4.85. The Morgan fingerprint density at radius 3 is 2.55 bits per heavy atom. The number of ether oxygens (including phenoxy) is 1. The number of nitrogens with one attached hydrogen (secondary N) is 1. The van der Waals surface area contributed by atoms with Gasteiger partial charge in [-0.3, -0.25) is 4.79 Å². The van der Waals surface area contributed by atoms with Crippen LogP contribution in [-0.4, -0.2) is 63.4 Å². The van der Waals surface area contributed by atoms with Crippen LogP contribution in [0.25, 0.3) is 0 Å². The first-order valence-corrected chi connectivity index (χ1v) is 6.24. The Kier molecular flexibility index (Phi) is 5.70. The molecule has 1 rings (SSSR count). The molecule has 1 heterocycles. The molecule has 0 aromatic carbocycles. The van der Waals surface area contributed by atoms with E-state index in [0.717, 1.165) is 0 Å². The SMILES string of the molecule is C=C(C)C1=CC(O)C(NC(C)=O)C(C(O)C(O)CO)O1. The molecule has 0 bridgehead atoms. The first-order chi connectivity index (χ1) is 9.27. The fourth-order valence-corrected chi connectivity index (χ4v) is 1.97. The third-order valence-electron chi connectivity index (χ3n) is 3.02. The van der Waals surface area contributed by atoms with Crippen LogP contribution < -0.4 is 5.32 Å². The van der Waals surface area contributed by atoms with Crippen LogP contribution in [0.15, 0.2) is 24.0 Å². The van der Waals surface area contributed by atoms with E-state index in [1.54, 1.807) is 6.92 Å². The molecular weight excluding hydrogens is 266 g/mol. The molecule has 5 atom stereocenters. The molecule has 0 aromatic rings. The van der Waals surface area contributed by atoms with Crippen molar-refractivity contribution in [3.8, 4) is 0 Å². The summed E-state index contributed by atoms with van der Waals surface area (Å²) < 4.78 is 5.48. The predicted molar refractivity (Wildman–Crippen MR) is 70.5 cm³/mol. The van der Waals surface area contributed by atoms with Crippen molar-refractivity contribution in [2.45, 2.75) is 44.3 Å². The highest BCUT2D eigenvalue weighted by molar-refractivity contribution is 5.73. The lowest BCUT2D eigenvalue weighted by molar-refractivity contribution is -0.131. The fourth-order valence-electron chi connectivity index (χ4n) is 1.97. The van der Waals surface area contributed by atoms with Gasteiger partial charge in [-0.2, -0.15) is 0 Å². The lowest BCUT2D eigenvalue weighted by Crippen LogP contribution is -2.59. The number of amides is 1. The van der Waals surface area contributed by atoms with Crippen molar-refractivity contribution < 1.29 is 30.0 Å². The van der Waals surface area contributed by atoms with Crippen LogP contribution in [0.4, 0.5) is 0 Å². The Bertz CT molecular complexity index is 408. The van der Waals surface area contributed by atoms with Crippen LogP contribution in [0.5, 0.6) is 0 Å². The first-order valence-electron chi connectivity index (χ1n) is 6.24. The van der Waals surface area contributed by atoms with Crippen LogP contribution in [0.1, 0.15) is 13.8 Å². The second kappa shape index (κ2) is 6.85. The molecule has 1 aliphatic heterocycles. The maximum atomic E-state index is 11.2. The van der Waals surface area contributed by atoms with Gasteiger partial charge in [0.25, 0.3) is 0 Å². The quantitative estimate of drug-likeness (QED) is 0.416. The molecule has 0 fully saturated rings. The molecule has 0 spiro atoms. The number of hydrogen-bond acceptors (Lipinski definition) is 6. The third kappa shape index (κ3) is 3.80. The molecule has 7 heteroatoms. The molecule has 5 N–H and O–H groups in total. The Morgan fingerprint density at radius 1 is 1.50 bits per heavy atom. The van der Waals surface area contributed by atoms with Gasteiger partial charge in [-0.25, -0.2) is 0 Å². The summed E-state index contributed by atoms with van der Waals surface area (Å²) in [7, 11) is 0. The average Bonchev–Trinajstić information content (AvgIpc) is 2.38. The van der Waals surface area contributed by atoms with Gasteiger partial charge in [0.15, 0.2) is 0 Å². The van der Waals surface area contributed by atoms with Gasteiger partial charge in [-0.05, 0) is 18.6 Å². The molecule has 7 nitrogen and oxygen atoms in total. The van der Waals surface area contributed by atoms with Crippen LogP contribution in [0.3, 0.4) is 0 Å². The van der Waals surface area contributed by atoms with Crippen LogP contribution in [0, 0.1) is 0 Å². The highest BCUT2D eigenvalue weighted by atomic mass is 16.5. The Morgan fingerprint density at radius 2 is 2.10 bits per heavy atom. The van der Waals surface area contributed by atoms with E-state index in [0.29, 0.717) is 5.57 Å². The summed E-state index contributed by atoms with van der Waals surface area (Å²) in [6, 6.07) is -0.938. The number of aliphatic hydroxyl groups is 4. The van der Waals surface area contributed by atoms with Gasteiger partial charge >= 0.3 is 0 Å². The summed E-state index contributed by atoms with van der Waals surface area (Å²) >= 11 is 0. The largest absolute Gasteiger partial charge is 0.485 e. The lowest BCUT2D eigenvalue weighted by atomic mass is 9.93. The van der Waals surface area contributed by atoms with E-state index < -0.39 is 43.0 Å². The third-order valence-corrected chi connectivity index (χ3v) is 3.02. The van der Waals surface area contributed by atoms with Crippen molar-refractivity contribution in [3.63, 3.8) is 0 Å². The molecule has 0 aliphatic carbocycles. The van der Waals surface area contributed by atoms with E-state index in [9.17, 15) is 20.1 Å². The number of aliphatic hydroxyl groups excluding tert-OH is 4. The van der Waals surface area contributed by atoms with E-state index in [4.69, 9.17) is 9.84 Å². The maximum absolute atomic E-state index is 11.2. The van der Waals surface area contributed by atoms with Gasteiger partial charge in [-0.15, -0.1) is 0 Å². The van der Waals surface area contributed by atoms with Crippen molar-refractivity contribution in [1.29, 1.82) is 0 Å². The first kappa shape index (κ1) is 16.6. The van der Waals surface area contributed by atoms with Gasteiger partial charge in [0, 0.05) is 6.92 Å². The maximum Gasteiger partial charge on any atom is 0.217 e. The topological polar surface area (TPSA) is 119 Å². The van der Waals surface area contributed by atoms with Crippen molar-refractivity contribution in [2.75, 3.05) is 6.61 Å². The van der Waals surface area contributed by atoms with E-state index in [-0.39, 0.29) is 5.76 Å². The van der Waals surface area contributed by atoms with Gasteiger partial charge in [-0.1, -0.05) is 6.58 Å². The van der Waals surface area contributed by atoms with Gasteiger partial charge < -0.3 is 30.5 Å². The van der Waals surface area contributed by atoms with E-state index in [1.165, 1.54) is 13.0 Å². The molecule has 0 saturated carbocycles. The molecule has 0 saturated heterocycles. The fraction of sp³-hybridized carbons (Fsp3) is 0.615. The summed E-state index contributed by atoms with van der Waals surface area (Å²) in [5.74, 6) is -0.145. The minimum absolute atomic E-state index is 0.272. The second-order valence-electron chi connectivity index (χ2n) is 4.85. The van der Waals surface area contributed by atoms with Crippen molar-refractivity contribution in [1.82, 2.24) is 5.32 Å². The number of allylic oxidation sites excluding steroid dienone is 1. The van der Waals surface area contributed by atoms with Crippen LogP contribution >= 0.6 is 0 Å². The van der Waals surface area contributed by atoms with E-state index in [1.807, 2.05) is 0 Å². The van der Waals surface area contributed by atoms with Gasteiger partial charge in [0.2, 0.25) is 5.91 Å². The van der Waals surface area contributed by atoms with Crippen molar-refractivity contribution in [2.24, 2.45) is 0 Å². The summed E-state index contributed by atoms with van der Waals surface area (Å²) in [6.07, 6.45) is -3.77. The zero-order valence-electron chi connectivity index (χ0n) is 11.5. The number of carbonyl (C=O) groups is 1. The molecule has 0 radical (unpaired) electrons. The summed E-state index contributed by atoms with van der Waals surface area (Å²) in [4.78, 5) is 11.2. The normalized spacial score (nSPS) is 28.9. The Hall–Kier alpha value is -1.41. The molecular formula is C13H21NO6. The highest BCUT2D eigenvalue weighted by Gasteiger charge is 2.41. The van der Waals surface area contributed by atoms with Crippen LogP contribution in [-0.2, 0) is 9.53 Å². The predicted octanol–water partition coefficient (Wildman–Crippen LogP) is -1.58. The average molecular weight is 287 g/mol. The summed E-state index contributed by atoms with van der Waals surface area (Å²) in [5, 5.41) is 40.9. The Labute approximate surface area is 117 Å². The van der Waals surface area contributed by atoms with Crippen LogP contribution in [0.2, 0.25) is 0 Å². The minimum atomic E-state index is -1.48. The Balaban J connectivity index is 3.04. The van der Waals surface area contributed by atoms with E-state index >= 15 is 0 Å². The molecule has 20 heavy (non-hydrogen) atoms. The van der Waals surface area contributed by atoms with Crippen molar-refractivity contribution >= 4 is 5.91 Å². The summed E-state index contributed by atoms with van der Waals surface area (Å²) in [6.45, 7) is 5.92. The minimum Gasteiger partial charge on any atom is -0.485 e. The molecule has 114 valence electrons. The molecule has 1 aliphatic rings. The molecule has 5 unspecified atom stereocenters. The number of hydrogen-bond donors (Lipinski definition) is 5. The van der Waals surface area contributed by atoms with Gasteiger partial charge in [0.05, 0.1) is 18.8 Å². The summed E-state index contributed by atoms with van der Waals surface area (Å²) in [5.41, 5.74) is 0.529. The number of rotatable bonds is 5. The number of carbonyl (C=O) groups excluding carboxylic acids is 1. The zero-order valence-corrected chi connectivity index (χ0v) is 11.5. The lowest BCUT2D eigenvalue weighted by Gasteiger charge is -2.39. The van der Waals surface area contributed by atoms with Gasteiger partial charge in [0.1, 0.15) is 24.1 Å². The monoisotopic (exact) mass is 287 g/mol. The smallest absolute Gasteiger partial charge is 0.217 e. The zero-order chi connectivity index (χ0) is 15.4. The highest BCUT2D eigenvalue weighted by Crippen LogP contribution is 2.25. The van der Waals surface area contributed by atoms with E-state index in [2.05, 4.69) is 11.9 Å². The molecule has 0 aromatic heterocycles. The molecule has 1 amide bonds. The van der Waals surface area contributed by atoms with Crippen molar-refractivity contribution in [3.05, 3.63) is 24.0 Å².